The van der Waals surface area contributed by atoms with Gasteiger partial charge in [-0.1, -0.05) is 82.2 Å². The fourth-order valence-electron chi connectivity index (χ4n) is 4.15. The van der Waals surface area contributed by atoms with Crippen LogP contribution < -0.4 is 10.1 Å². The van der Waals surface area contributed by atoms with Crippen LogP contribution in [0.2, 0.25) is 0 Å². The first-order valence-electron chi connectivity index (χ1n) is 13.2. The SMILES string of the molecule is CCCCCCCCCCN[C@@H](C)c1ccnc(OCC)c1.O=C(O)[C@H]1C[C@@H]1c1ccccc1. The Balaban J connectivity index is 0.000000283. The Morgan fingerprint density at radius 1 is 1.06 bits per heavy atom. The zero-order valence-corrected chi connectivity index (χ0v) is 21.3. The highest BCUT2D eigenvalue weighted by Gasteiger charge is 2.43. The van der Waals surface area contributed by atoms with Crippen molar-refractivity contribution >= 4 is 5.97 Å². The molecule has 0 radical (unpaired) electrons. The molecule has 3 atom stereocenters. The lowest BCUT2D eigenvalue weighted by molar-refractivity contribution is -0.138. The molecule has 0 unspecified atom stereocenters. The molecule has 1 saturated carbocycles. The average Bonchev–Trinajstić information content (AvgIpc) is 3.66. The number of nitrogens with one attached hydrogen (secondary N) is 1. The van der Waals surface area contributed by atoms with Crippen LogP contribution in [0.1, 0.15) is 102 Å². The number of aliphatic carboxylic acids is 1. The van der Waals surface area contributed by atoms with Gasteiger partial charge < -0.3 is 15.2 Å². The lowest BCUT2D eigenvalue weighted by Crippen LogP contribution is -2.20. The maximum Gasteiger partial charge on any atom is 0.307 e. The quantitative estimate of drug-likeness (QED) is 0.272. The molecule has 1 aromatic heterocycles. The van der Waals surface area contributed by atoms with Crippen LogP contribution in [0.5, 0.6) is 5.88 Å². The third-order valence-electron chi connectivity index (χ3n) is 6.37. The van der Waals surface area contributed by atoms with Crippen LogP contribution in [0.15, 0.2) is 48.7 Å². The Bertz CT molecular complexity index is 812. The van der Waals surface area contributed by atoms with E-state index in [1.807, 2.05) is 49.5 Å². The van der Waals surface area contributed by atoms with Crippen molar-refractivity contribution in [2.24, 2.45) is 5.92 Å². The third-order valence-corrected chi connectivity index (χ3v) is 6.37. The molecule has 0 spiro atoms. The van der Waals surface area contributed by atoms with Gasteiger partial charge in [-0.05, 0) is 56.3 Å². The first-order chi connectivity index (χ1) is 16.6. The molecule has 1 aromatic carbocycles. The van der Waals surface area contributed by atoms with Crippen molar-refractivity contribution in [1.29, 1.82) is 0 Å². The highest BCUT2D eigenvalue weighted by atomic mass is 16.5. The first-order valence-corrected chi connectivity index (χ1v) is 13.2. The van der Waals surface area contributed by atoms with Gasteiger partial charge >= 0.3 is 5.97 Å². The maximum absolute atomic E-state index is 10.5. The molecule has 188 valence electrons. The van der Waals surface area contributed by atoms with E-state index in [4.69, 9.17) is 9.84 Å². The number of unbranched alkanes of at least 4 members (excludes halogenated alkanes) is 7. The van der Waals surface area contributed by atoms with E-state index < -0.39 is 5.97 Å². The topological polar surface area (TPSA) is 71.5 Å². The smallest absolute Gasteiger partial charge is 0.307 e. The van der Waals surface area contributed by atoms with E-state index in [9.17, 15) is 4.79 Å². The van der Waals surface area contributed by atoms with Crippen molar-refractivity contribution in [3.8, 4) is 5.88 Å². The van der Waals surface area contributed by atoms with E-state index in [1.165, 1.54) is 56.9 Å². The summed E-state index contributed by atoms with van der Waals surface area (Å²) in [4.78, 5) is 14.8. The maximum atomic E-state index is 10.5. The zero-order chi connectivity index (χ0) is 24.6. The number of ether oxygens (including phenoxy) is 1. The van der Waals surface area contributed by atoms with Gasteiger partial charge in [0.25, 0.3) is 0 Å². The summed E-state index contributed by atoms with van der Waals surface area (Å²) in [6, 6.07) is 14.3. The predicted octanol–water partition coefficient (Wildman–Crippen LogP) is 7.15. The molecule has 2 N–H and O–H groups in total. The van der Waals surface area contributed by atoms with E-state index >= 15 is 0 Å². The van der Waals surface area contributed by atoms with Crippen LogP contribution in [-0.4, -0.2) is 29.2 Å². The summed E-state index contributed by atoms with van der Waals surface area (Å²) >= 11 is 0. The number of hydrogen-bond donors (Lipinski definition) is 2. The Morgan fingerprint density at radius 2 is 1.74 bits per heavy atom. The molecule has 5 heteroatoms. The molecule has 3 rings (SSSR count). The van der Waals surface area contributed by atoms with Crippen molar-refractivity contribution in [3.63, 3.8) is 0 Å². The minimum absolute atomic E-state index is 0.132. The van der Waals surface area contributed by atoms with Gasteiger partial charge in [0.05, 0.1) is 12.5 Å². The van der Waals surface area contributed by atoms with E-state index in [-0.39, 0.29) is 11.8 Å². The van der Waals surface area contributed by atoms with Crippen molar-refractivity contribution in [3.05, 3.63) is 59.8 Å². The summed E-state index contributed by atoms with van der Waals surface area (Å²) < 4.78 is 5.46. The highest BCUT2D eigenvalue weighted by Crippen LogP contribution is 2.47. The molecular weight excluding hydrogens is 424 g/mol. The monoisotopic (exact) mass is 468 g/mol. The van der Waals surface area contributed by atoms with Crippen molar-refractivity contribution < 1.29 is 14.6 Å². The van der Waals surface area contributed by atoms with Crippen LogP contribution in [0.3, 0.4) is 0 Å². The number of hydrogen-bond acceptors (Lipinski definition) is 4. The Morgan fingerprint density at radius 3 is 2.35 bits per heavy atom. The van der Waals surface area contributed by atoms with Gasteiger partial charge in [0.15, 0.2) is 0 Å². The summed E-state index contributed by atoms with van der Waals surface area (Å²) in [5.41, 5.74) is 2.41. The molecule has 1 heterocycles. The largest absolute Gasteiger partial charge is 0.481 e. The fraction of sp³-hybridized carbons (Fsp3) is 0.586. The minimum Gasteiger partial charge on any atom is -0.481 e. The van der Waals surface area contributed by atoms with Crippen molar-refractivity contribution in [2.45, 2.75) is 90.5 Å². The predicted molar refractivity (Wildman–Crippen MR) is 139 cm³/mol. The number of benzene rings is 1. The number of rotatable bonds is 15. The molecule has 0 saturated heterocycles. The number of nitrogens with zero attached hydrogens (tertiary/aromatic N) is 1. The fourth-order valence-corrected chi connectivity index (χ4v) is 4.15. The lowest BCUT2D eigenvalue weighted by atomic mass is 10.1. The van der Waals surface area contributed by atoms with Crippen LogP contribution in [0.4, 0.5) is 0 Å². The van der Waals surface area contributed by atoms with Gasteiger partial charge in [-0.15, -0.1) is 0 Å². The Hall–Kier alpha value is -2.40. The Kier molecular flexibility index (Phi) is 13.3. The van der Waals surface area contributed by atoms with Gasteiger partial charge in [-0.25, -0.2) is 4.98 Å². The normalized spacial score (nSPS) is 17.4. The zero-order valence-electron chi connectivity index (χ0n) is 21.3. The second-order valence-corrected chi connectivity index (χ2v) is 9.21. The number of carboxylic acid groups (broad SMARTS) is 1. The average molecular weight is 469 g/mol. The molecule has 0 aliphatic heterocycles. The molecule has 1 aliphatic rings. The van der Waals surface area contributed by atoms with Gasteiger partial charge in [0, 0.05) is 18.3 Å². The van der Waals surface area contributed by atoms with Crippen LogP contribution in [-0.2, 0) is 4.79 Å². The number of pyridine rings is 1. The number of aromatic nitrogens is 1. The van der Waals surface area contributed by atoms with Gasteiger partial charge in [-0.3, -0.25) is 4.79 Å². The summed E-state index contributed by atoms with van der Waals surface area (Å²) in [7, 11) is 0. The molecular formula is C29H44N2O3. The van der Waals surface area contributed by atoms with Crippen molar-refractivity contribution in [1.82, 2.24) is 10.3 Å². The third kappa shape index (κ3) is 10.7. The summed E-state index contributed by atoms with van der Waals surface area (Å²) in [5.74, 6) is 0.195. The molecule has 34 heavy (non-hydrogen) atoms. The number of carboxylic acids is 1. The van der Waals surface area contributed by atoms with Crippen LogP contribution >= 0.6 is 0 Å². The molecule has 0 bridgehead atoms. The minimum atomic E-state index is -0.663. The second-order valence-electron chi connectivity index (χ2n) is 9.21. The van der Waals surface area contributed by atoms with E-state index in [1.54, 1.807) is 0 Å². The molecule has 1 fully saturated rings. The Labute approximate surface area is 206 Å². The summed E-state index contributed by atoms with van der Waals surface area (Å²) in [6.45, 7) is 8.21. The molecule has 5 nitrogen and oxygen atoms in total. The van der Waals surface area contributed by atoms with E-state index in [2.05, 4.69) is 30.2 Å². The lowest BCUT2D eigenvalue weighted by Gasteiger charge is -2.15. The van der Waals surface area contributed by atoms with Gasteiger partial charge in [0.2, 0.25) is 5.88 Å². The summed E-state index contributed by atoms with van der Waals surface area (Å²) in [5, 5.41) is 12.3. The summed E-state index contributed by atoms with van der Waals surface area (Å²) in [6.07, 6.45) is 13.6. The molecule has 1 aliphatic carbocycles. The molecule has 2 aromatic rings. The van der Waals surface area contributed by atoms with Crippen LogP contribution in [0, 0.1) is 5.92 Å². The van der Waals surface area contributed by atoms with Crippen molar-refractivity contribution in [2.75, 3.05) is 13.2 Å². The first kappa shape index (κ1) is 27.8. The number of carbonyl (C=O) groups is 1. The van der Waals surface area contributed by atoms with E-state index in [0.717, 1.165) is 24.4 Å². The molecule has 0 amide bonds. The van der Waals surface area contributed by atoms with Gasteiger partial charge in [0.1, 0.15) is 0 Å². The second kappa shape index (κ2) is 16.3. The van der Waals surface area contributed by atoms with E-state index in [0.29, 0.717) is 12.6 Å². The highest BCUT2D eigenvalue weighted by molar-refractivity contribution is 5.75. The van der Waals surface area contributed by atoms with Crippen LogP contribution in [0.25, 0.3) is 0 Å². The van der Waals surface area contributed by atoms with Gasteiger partial charge in [-0.2, -0.15) is 0 Å². The standard InChI is InChI=1S/C19H34N2O.C10H10O2/c1-4-6-7-8-9-10-11-12-14-20-17(3)18-13-15-21-19(16-18)22-5-2;11-10(12)9-6-8(9)7-4-2-1-3-5-7/h13,15-17,20H,4-12,14H2,1-3H3;1-5,8-9H,6H2,(H,11,12)/t17-;8-,9+/m01/s1.